The average Bonchev–Trinajstić information content (AvgIpc) is 3.03. The summed E-state index contributed by atoms with van der Waals surface area (Å²) in [6.07, 6.45) is -5.40. The molecule has 0 saturated carbocycles. The Kier molecular flexibility index (Phi) is 10.6. The molecular weight excluding hydrogens is 739 g/mol. The Labute approximate surface area is 293 Å². The number of nitriles is 2. The number of alkyl halides is 3. The summed E-state index contributed by atoms with van der Waals surface area (Å²) in [4.78, 5) is 40.4. The smallest absolute Gasteiger partial charge is 0.421 e. The third-order valence-electron chi connectivity index (χ3n) is 6.48. The molecule has 4 amide bonds. The van der Waals surface area contributed by atoms with E-state index >= 15 is 0 Å². The van der Waals surface area contributed by atoms with Crippen LogP contribution in [0.25, 0.3) is 0 Å². The summed E-state index contributed by atoms with van der Waals surface area (Å²) in [6.45, 7) is 0. The lowest BCUT2D eigenvalue weighted by atomic mass is 10.0. The maximum absolute atomic E-state index is 14.2. The minimum atomic E-state index is -5.40. The summed E-state index contributed by atoms with van der Waals surface area (Å²) in [7, 11) is 0. The monoisotopic (exact) mass is 752 g/mol. The molecule has 0 radical (unpaired) electrons. The minimum absolute atomic E-state index is 0.0729. The van der Waals surface area contributed by atoms with Crippen LogP contribution in [0.2, 0.25) is 20.1 Å². The number of aromatic carboxylic acids is 1. The predicted octanol–water partition coefficient (Wildman–Crippen LogP) is 8.86. The fraction of sp³-hybridized carbons (Fsp3) is 0.0333. The zero-order valence-corrected chi connectivity index (χ0v) is 26.8. The maximum atomic E-state index is 14.2. The van der Waals surface area contributed by atoms with Crippen LogP contribution in [0, 0.1) is 22.7 Å². The highest BCUT2D eigenvalue weighted by molar-refractivity contribution is 6.44. The molecule has 0 heterocycles. The van der Waals surface area contributed by atoms with E-state index in [0.29, 0.717) is 12.1 Å². The molecular formula is C30H15Cl4F3N6O6. The molecule has 0 aliphatic carbocycles. The van der Waals surface area contributed by atoms with Gasteiger partial charge in [0.1, 0.15) is 28.6 Å². The van der Waals surface area contributed by atoms with Crippen LogP contribution in [-0.2, 0) is 6.18 Å². The number of rotatable bonds is 5. The number of carboxylic acids is 1. The average molecular weight is 754 g/mol. The second-order valence-corrected chi connectivity index (χ2v) is 11.0. The second kappa shape index (κ2) is 14.3. The molecule has 49 heavy (non-hydrogen) atoms. The number of hydrogen-bond acceptors (Lipinski definition) is 7. The number of aromatic hydroxyl groups is 2. The number of halogens is 7. The lowest BCUT2D eigenvalue weighted by Gasteiger charge is -2.36. The first kappa shape index (κ1) is 36.3. The molecule has 0 saturated heterocycles. The number of carbonyl (C=O) groups excluding carboxylic acids is 2. The predicted molar refractivity (Wildman–Crippen MR) is 174 cm³/mol. The number of hydrazine groups is 1. The van der Waals surface area contributed by atoms with Crippen molar-refractivity contribution in [3.05, 3.63) is 103 Å². The molecule has 0 aliphatic heterocycles. The summed E-state index contributed by atoms with van der Waals surface area (Å²) < 4.78 is 42.6. The number of carboxylic acid groups (broad SMARTS) is 1. The van der Waals surface area contributed by atoms with Crippen LogP contribution in [0.15, 0.2) is 60.7 Å². The van der Waals surface area contributed by atoms with Crippen molar-refractivity contribution in [2.75, 3.05) is 20.7 Å². The van der Waals surface area contributed by atoms with Gasteiger partial charge in [-0.15, -0.1) is 0 Å². The van der Waals surface area contributed by atoms with E-state index in [1.165, 1.54) is 48.5 Å². The van der Waals surface area contributed by atoms with Crippen molar-refractivity contribution in [2.24, 2.45) is 0 Å². The summed E-state index contributed by atoms with van der Waals surface area (Å²) in [5.41, 5.74) is -7.24. The van der Waals surface area contributed by atoms with Crippen LogP contribution >= 0.6 is 46.4 Å². The third kappa shape index (κ3) is 7.15. The summed E-state index contributed by atoms with van der Waals surface area (Å²) in [5, 5.41) is 54.8. The highest BCUT2D eigenvalue weighted by Crippen LogP contribution is 2.46. The lowest BCUT2D eigenvalue weighted by Crippen LogP contribution is -2.54. The van der Waals surface area contributed by atoms with Gasteiger partial charge in [-0.05, 0) is 48.5 Å². The SMILES string of the molecule is N#Cc1ccc(N(C(=O)Nc2cccc(Cl)c2Cl)N(C(=O)Nc2cccc(Cl)c2Cl)c2ccc(C#N)c(C(F)(F)F)c2O)c(O)c1C(=O)O. The van der Waals surface area contributed by atoms with Crippen LogP contribution in [0.5, 0.6) is 11.5 Å². The summed E-state index contributed by atoms with van der Waals surface area (Å²) in [5.74, 6) is -4.94. The fourth-order valence-electron chi connectivity index (χ4n) is 4.34. The largest absolute Gasteiger partial charge is 0.505 e. The van der Waals surface area contributed by atoms with Gasteiger partial charge in [0.05, 0.1) is 48.7 Å². The first-order chi connectivity index (χ1) is 23.0. The number of urea groups is 2. The molecule has 0 aliphatic rings. The molecule has 0 fully saturated rings. The summed E-state index contributed by atoms with van der Waals surface area (Å²) in [6, 6.07) is 10.3. The Hall–Kier alpha value is -5.58. The zero-order valence-electron chi connectivity index (χ0n) is 23.8. The third-order valence-corrected chi connectivity index (χ3v) is 8.12. The number of phenolic OH excluding ortho intramolecular Hbond substituents is 1. The van der Waals surface area contributed by atoms with Gasteiger partial charge < -0.3 is 26.0 Å². The van der Waals surface area contributed by atoms with Gasteiger partial charge in [-0.1, -0.05) is 58.5 Å². The number of nitrogens with one attached hydrogen (secondary N) is 2. The van der Waals surface area contributed by atoms with Gasteiger partial charge in [0, 0.05) is 0 Å². The van der Waals surface area contributed by atoms with Crippen molar-refractivity contribution < 1.29 is 42.9 Å². The fourth-order valence-corrected chi connectivity index (χ4v) is 5.04. The molecule has 0 unspecified atom stereocenters. The van der Waals surface area contributed by atoms with Gasteiger partial charge >= 0.3 is 24.2 Å². The molecule has 0 spiro atoms. The summed E-state index contributed by atoms with van der Waals surface area (Å²) >= 11 is 24.5. The quantitative estimate of drug-likeness (QED) is 0.125. The first-order valence-corrected chi connectivity index (χ1v) is 14.5. The Morgan fingerprint density at radius 3 is 1.53 bits per heavy atom. The Balaban J connectivity index is 2.11. The molecule has 0 bridgehead atoms. The Morgan fingerprint density at radius 1 is 0.694 bits per heavy atom. The topological polar surface area (TPSA) is 190 Å². The normalized spacial score (nSPS) is 10.8. The van der Waals surface area contributed by atoms with Gasteiger partial charge in [-0.3, -0.25) is 0 Å². The van der Waals surface area contributed by atoms with E-state index in [4.69, 9.17) is 46.4 Å². The van der Waals surface area contributed by atoms with Gasteiger partial charge in [0.15, 0.2) is 11.5 Å². The van der Waals surface area contributed by atoms with Crippen molar-refractivity contribution in [1.29, 1.82) is 10.5 Å². The second-order valence-electron chi connectivity index (χ2n) is 9.42. The van der Waals surface area contributed by atoms with Crippen LogP contribution in [0.4, 0.5) is 45.5 Å². The van der Waals surface area contributed by atoms with Crippen LogP contribution in [0.3, 0.4) is 0 Å². The van der Waals surface area contributed by atoms with E-state index < -0.39 is 69.3 Å². The molecule has 5 N–H and O–H groups in total. The molecule has 0 atom stereocenters. The van der Waals surface area contributed by atoms with E-state index in [9.17, 15) is 53.4 Å². The maximum Gasteiger partial charge on any atom is 0.421 e. The lowest BCUT2D eigenvalue weighted by molar-refractivity contribution is -0.138. The number of anilines is 4. The number of hydrogen-bond donors (Lipinski definition) is 5. The van der Waals surface area contributed by atoms with Crippen LogP contribution < -0.4 is 20.7 Å². The van der Waals surface area contributed by atoms with E-state index in [-0.39, 0.29) is 41.5 Å². The van der Waals surface area contributed by atoms with Gasteiger partial charge in [-0.2, -0.15) is 33.7 Å². The molecule has 19 heteroatoms. The zero-order chi connectivity index (χ0) is 36.4. The van der Waals surface area contributed by atoms with E-state index in [1.54, 1.807) is 0 Å². The van der Waals surface area contributed by atoms with Gasteiger partial charge in [-0.25, -0.2) is 14.4 Å². The number of benzene rings is 4. The highest BCUT2D eigenvalue weighted by Gasteiger charge is 2.42. The molecule has 4 aromatic rings. The van der Waals surface area contributed by atoms with E-state index in [0.717, 1.165) is 12.1 Å². The molecule has 0 aromatic heterocycles. The van der Waals surface area contributed by atoms with Crippen molar-refractivity contribution in [3.63, 3.8) is 0 Å². The number of phenols is 2. The molecule has 12 nitrogen and oxygen atoms in total. The minimum Gasteiger partial charge on any atom is -0.505 e. The highest BCUT2D eigenvalue weighted by atomic mass is 35.5. The Morgan fingerprint density at radius 2 is 1.12 bits per heavy atom. The molecule has 250 valence electrons. The van der Waals surface area contributed by atoms with Crippen LogP contribution in [-0.4, -0.2) is 33.4 Å². The standard InChI is InChI=1S/C30H15Cl4F3N6O6/c31-15-3-1-5-17(23(15)33)40-28(48)42(19-9-7-13(11-38)21(25(19)44)27(46)47)43(29(49)41-18-6-2-4-16(32)24(18)34)20-10-8-14(12-39)22(26(20)45)30(35,36)37/h1-10,44-45H,(H,40,48)(H,41,49)(H,46,47). The van der Waals surface area contributed by atoms with Crippen LogP contribution in [0.1, 0.15) is 27.0 Å². The van der Waals surface area contributed by atoms with E-state index in [2.05, 4.69) is 10.6 Å². The van der Waals surface area contributed by atoms with Crippen molar-refractivity contribution >= 4 is 87.2 Å². The van der Waals surface area contributed by atoms with E-state index in [1.807, 2.05) is 0 Å². The molecule has 4 rings (SSSR count). The number of nitrogens with zero attached hydrogens (tertiary/aromatic N) is 4. The number of carbonyl (C=O) groups is 3. The molecule has 4 aromatic carbocycles. The van der Waals surface area contributed by atoms with Crippen molar-refractivity contribution in [3.8, 4) is 23.6 Å². The van der Waals surface area contributed by atoms with Gasteiger partial charge in [0.25, 0.3) is 0 Å². The number of amides is 4. The van der Waals surface area contributed by atoms with Gasteiger partial charge in [0.2, 0.25) is 0 Å². The van der Waals surface area contributed by atoms with Crippen molar-refractivity contribution in [2.45, 2.75) is 6.18 Å². The Bertz CT molecular complexity index is 2120. The van der Waals surface area contributed by atoms with Crippen molar-refractivity contribution in [1.82, 2.24) is 0 Å². The first-order valence-electron chi connectivity index (χ1n) is 13.0.